The van der Waals surface area contributed by atoms with Gasteiger partial charge in [0.05, 0.1) is 12.1 Å². The van der Waals surface area contributed by atoms with Crippen LogP contribution in [0.15, 0.2) is 36.7 Å². The molecule has 0 aliphatic carbocycles. The van der Waals surface area contributed by atoms with Gasteiger partial charge >= 0.3 is 0 Å². The van der Waals surface area contributed by atoms with E-state index in [1.807, 2.05) is 62.6 Å². The third-order valence-electron chi connectivity index (χ3n) is 3.12. The van der Waals surface area contributed by atoms with E-state index in [1.165, 1.54) is 0 Å². The Bertz CT molecular complexity index is 638. The van der Waals surface area contributed by atoms with Crippen LogP contribution in [0, 0.1) is 36.5 Å². The molecule has 2 aromatic rings. The summed E-state index contributed by atoms with van der Waals surface area (Å²) >= 11 is 0. The number of hydrogen-bond donors (Lipinski definition) is 0. The Morgan fingerprint density at radius 1 is 0.947 bits per heavy atom. The van der Waals surface area contributed by atoms with E-state index >= 15 is 0 Å². The van der Waals surface area contributed by atoms with Crippen molar-refractivity contribution in [3.8, 4) is 23.3 Å². The summed E-state index contributed by atoms with van der Waals surface area (Å²) < 4.78 is 0. The summed E-state index contributed by atoms with van der Waals surface area (Å²) in [6.07, 6.45) is 3.67. The lowest BCUT2D eigenvalue weighted by Crippen LogP contribution is -1.93. The minimum Gasteiger partial charge on any atom is -0.264 e. The number of rotatable bonds is 2. The van der Waals surface area contributed by atoms with E-state index < -0.39 is 5.92 Å². The lowest BCUT2D eigenvalue weighted by molar-refractivity contribution is 1.10. The molecule has 0 saturated carbocycles. The molecule has 0 spiro atoms. The average Bonchev–Trinajstić information content (AvgIpc) is 2.41. The van der Waals surface area contributed by atoms with Crippen LogP contribution < -0.4 is 0 Å². The van der Waals surface area contributed by atoms with Crippen molar-refractivity contribution in [3.05, 3.63) is 53.3 Å². The first kappa shape index (κ1) is 12.8. The molecule has 0 aliphatic heterocycles. The molecule has 0 bridgehead atoms. The smallest absolute Gasteiger partial charge is 0.158 e. The highest BCUT2D eigenvalue weighted by atomic mass is 14.6. The average molecular weight is 247 g/mol. The quantitative estimate of drug-likeness (QED) is 0.816. The van der Waals surface area contributed by atoms with Crippen molar-refractivity contribution in [2.45, 2.75) is 19.8 Å². The Morgan fingerprint density at radius 3 is 1.95 bits per heavy atom. The second-order valence-corrected chi connectivity index (χ2v) is 4.46. The minimum absolute atomic E-state index is 0.700. The predicted octanol–water partition coefficient (Wildman–Crippen LogP) is 3.50. The Hall–Kier alpha value is -2.65. The van der Waals surface area contributed by atoms with E-state index in [9.17, 15) is 0 Å². The SMILES string of the molecule is Cc1cncc(C)c1-c1ccc(C(C#N)C#N)cc1. The van der Waals surface area contributed by atoms with Crippen LogP contribution in [0.3, 0.4) is 0 Å². The van der Waals surface area contributed by atoms with Crippen LogP contribution in [0.2, 0.25) is 0 Å². The van der Waals surface area contributed by atoms with Gasteiger partial charge in [-0.1, -0.05) is 24.3 Å². The summed E-state index contributed by atoms with van der Waals surface area (Å²) in [7, 11) is 0. The van der Waals surface area contributed by atoms with Crippen LogP contribution in [0.5, 0.6) is 0 Å². The van der Waals surface area contributed by atoms with Crippen molar-refractivity contribution in [2.24, 2.45) is 0 Å². The van der Waals surface area contributed by atoms with Gasteiger partial charge in [-0.15, -0.1) is 0 Å². The topological polar surface area (TPSA) is 60.5 Å². The second kappa shape index (κ2) is 5.33. The maximum absolute atomic E-state index is 8.87. The van der Waals surface area contributed by atoms with Crippen molar-refractivity contribution in [1.29, 1.82) is 10.5 Å². The number of nitrogens with zero attached hydrogens (tertiary/aromatic N) is 3. The van der Waals surface area contributed by atoms with Gasteiger partial charge in [0, 0.05) is 12.4 Å². The van der Waals surface area contributed by atoms with Gasteiger partial charge in [0.25, 0.3) is 0 Å². The van der Waals surface area contributed by atoms with E-state index in [0.29, 0.717) is 0 Å². The Kier molecular flexibility index (Phi) is 3.59. The fourth-order valence-corrected chi connectivity index (χ4v) is 2.18. The fourth-order valence-electron chi connectivity index (χ4n) is 2.18. The van der Waals surface area contributed by atoms with Crippen molar-refractivity contribution >= 4 is 0 Å². The summed E-state index contributed by atoms with van der Waals surface area (Å²) in [5.41, 5.74) is 5.20. The molecule has 0 aliphatic rings. The Labute approximate surface area is 112 Å². The monoisotopic (exact) mass is 247 g/mol. The molecule has 3 heteroatoms. The number of nitriles is 2. The van der Waals surface area contributed by atoms with Crippen molar-refractivity contribution in [2.75, 3.05) is 0 Å². The Morgan fingerprint density at radius 2 is 1.47 bits per heavy atom. The zero-order chi connectivity index (χ0) is 13.8. The highest BCUT2D eigenvalue weighted by Crippen LogP contribution is 2.27. The Balaban J connectivity index is 2.45. The lowest BCUT2D eigenvalue weighted by Gasteiger charge is -2.10. The van der Waals surface area contributed by atoms with E-state index in [-0.39, 0.29) is 0 Å². The van der Waals surface area contributed by atoms with Crippen LogP contribution in [0.4, 0.5) is 0 Å². The van der Waals surface area contributed by atoms with Crippen LogP contribution >= 0.6 is 0 Å². The van der Waals surface area contributed by atoms with Gasteiger partial charge in [-0.25, -0.2) is 0 Å². The number of hydrogen-bond acceptors (Lipinski definition) is 3. The van der Waals surface area contributed by atoms with Crippen LogP contribution in [0.1, 0.15) is 22.6 Å². The molecule has 19 heavy (non-hydrogen) atoms. The normalized spacial score (nSPS) is 9.95. The molecule has 0 saturated heterocycles. The highest BCUT2D eigenvalue weighted by molar-refractivity contribution is 5.70. The number of benzene rings is 1. The summed E-state index contributed by atoms with van der Waals surface area (Å²) in [5, 5.41) is 17.7. The van der Waals surface area contributed by atoms with Gasteiger partial charge in [0.1, 0.15) is 0 Å². The van der Waals surface area contributed by atoms with Gasteiger partial charge in [-0.05, 0) is 41.7 Å². The van der Waals surface area contributed by atoms with Gasteiger partial charge < -0.3 is 0 Å². The first-order valence-electron chi connectivity index (χ1n) is 5.98. The van der Waals surface area contributed by atoms with E-state index in [4.69, 9.17) is 10.5 Å². The van der Waals surface area contributed by atoms with Gasteiger partial charge in [0.15, 0.2) is 5.92 Å². The maximum Gasteiger partial charge on any atom is 0.158 e. The van der Waals surface area contributed by atoms with Crippen LogP contribution in [-0.2, 0) is 0 Å². The molecule has 1 aromatic heterocycles. The molecule has 2 rings (SSSR count). The zero-order valence-corrected chi connectivity index (χ0v) is 10.9. The second-order valence-electron chi connectivity index (χ2n) is 4.46. The molecular formula is C16H13N3. The van der Waals surface area contributed by atoms with E-state index in [1.54, 1.807) is 0 Å². The molecule has 3 nitrogen and oxygen atoms in total. The highest BCUT2D eigenvalue weighted by Gasteiger charge is 2.10. The van der Waals surface area contributed by atoms with Crippen molar-refractivity contribution in [3.63, 3.8) is 0 Å². The largest absolute Gasteiger partial charge is 0.264 e. The standard InChI is InChI=1S/C16H13N3/c1-11-9-19-10-12(2)16(11)14-5-3-13(4-6-14)15(7-17)8-18/h3-6,9-10,15H,1-2H3. The summed E-state index contributed by atoms with van der Waals surface area (Å²) in [6.45, 7) is 4.05. The summed E-state index contributed by atoms with van der Waals surface area (Å²) in [6, 6.07) is 11.5. The summed E-state index contributed by atoms with van der Waals surface area (Å²) in [5.74, 6) is -0.700. The third-order valence-corrected chi connectivity index (χ3v) is 3.12. The number of aryl methyl sites for hydroxylation is 2. The molecule has 0 N–H and O–H groups in total. The first-order chi connectivity index (χ1) is 9.17. The number of aromatic nitrogens is 1. The molecule has 0 fully saturated rings. The third kappa shape index (κ3) is 2.46. The predicted molar refractivity (Wildman–Crippen MR) is 73.1 cm³/mol. The molecular weight excluding hydrogens is 234 g/mol. The van der Waals surface area contributed by atoms with Gasteiger partial charge in [-0.3, -0.25) is 4.98 Å². The zero-order valence-electron chi connectivity index (χ0n) is 10.9. The molecule has 0 unspecified atom stereocenters. The summed E-state index contributed by atoms with van der Waals surface area (Å²) in [4.78, 5) is 4.16. The molecule has 0 amide bonds. The molecule has 92 valence electrons. The molecule has 1 aromatic carbocycles. The van der Waals surface area contributed by atoms with Crippen molar-refractivity contribution in [1.82, 2.24) is 4.98 Å². The maximum atomic E-state index is 8.87. The molecule has 0 radical (unpaired) electrons. The van der Waals surface area contributed by atoms with Crippen molar-refractivity contribution < 1.29 is 0 Å². The van der Waals surface area contributed by atoms with E-state index in [2.05, 4.69) is 4.98 Å². The van der Waals surface area contributed by atoms with Gasteiger partial charge in [-0.2, -0.15) is 10.5 Å². The number of pyridine rings is 1. The van der Waals surface area contributed by atoms with Crippen LogP contribution in [-0.4, -0.2) is 4.98 Å². The molecule has 1 heterocycles. The lowest BCUT2D eigenvalue weighted by atomic mass is 9.95. The first-order valence-corrected chi connectivity index (χ1v) is 5.98. The fraction of sp³-hybridized carbons (Fsp3) is 0.188. The van der Waals surface area contributed by atoms with Gasteiger partial charge in [0.2, 0.25) is 0 Å². The molecule has 0 atom stereocenters. The van der Waals surface area contributed by atoms with E-state index in [0.717, 1.165) is 27.8 Å². The van der Waals surface area contributed by atoms with Crippen LogP contribution in [0.25, 0.3) is 11.1 Å². The minimum atomic E-state index is -0.700.